The van der Waals surface area contributed by atoms with Crippen molar-refractivity contribution in [1.29, 1.82) is 0 Å². The lowest BCUT2D eigenvalue weighted by atomic mass is 10.1. The van der Waals surface area contributed by atoms with Gasteiger partial charge in [-0.1, -0.05) is 18.2 Å². The number of methoxy groups -OCH3 is 1. The number of carbonyl (C=O) groups is 1. The number of nitrogens with two attached hydrogens (primary N) is 1. The van der Waals surface area contributed by atoms with Crippen LogP contribution in [0.15, 0.2) is 65.6 Å². The maximum absolute atomic E-state index is 12.6. The molecule has 0 radical (unpaired) electrons. The number of esters is 1. The van der Waals surface area contributed by atoms with Crippen molar-refractivity contribution in [2.75, 3.05) is 17.6 Å². The van der Waals surface area contributed by atoms with Crippen LogP contribution in [0.2, 0.25) is 0 Å². The topological polar surface area (TPSA) is 98.5 Å². The Kier molecular flexibility index (Phi) is 4.33. The highest BCUT2D eigenvalue weighted by molar-refractivity contribution is 7.92. The number of nitrogen functional groups attached to an aromatic ring is 1. The van der Waals surface area contributed by atoms with E-state index in [1.165, 1.54) is 31.4 Å². The molecule has 0 saturated carbocycles. The molecule has 0 atom stereocenters. The van der Waals surface area contributed by atoms with E-state index < -0.39 is 16.0 Å². The van der Waals surface area contributed by atoms with Gasteiger partial charge < -0.3 is 10.5 Å². The Morgan fingerprint density at radius 2 is 1.76 bits per heavy atom. The van der Waals surface area contributed by atoms with Crippen molar-refractivity contribution in [3.8, 4) is 0 Å². The van der Waals surface area contributed by atoms with Gasteiger partial charge >= 0.3 is 5.97 Å². The Labute approximate surface area is 145 Å². The molecule has 0 aromatic heterocycles. The molecule has 128 valence electrons. The second kappa shape index (κ2) is 6.45. The van der Waals surface area contributed by atoms with Gasteiger partial charge in [0.15, 0.2) is 0 Å². The molecule has 0 saturated heterocycles. The molecule has 0 spiro atoms. The van der Waals surface area contributed by atoms with E-state index >= 15 is 0 Å². The third-order valence-corrected chi connectivity index (χ3v) is 5.06. The van der Waals surface area contributed by atoms with Gasteiger partial charge in [-0.25, -0.2) is 13.2 Å². The maximum Gasteiger partial charge on any atom is 0.337 e. The Balaban J connectivity index is 1.95. The van der Waals surface area contributed by atoms with Gasteiger partial charge in [-0.05, 0) is 53.2 Å². The summed E-state index contributed by atoms with van der Waals surface area (Å²) < 4.78 is 32.3. The highest BCUT2D eigenvalue weighted by Crippen LogP contribution is 2.24. The Hall–Kier alpha value is -3.06. The first-order chi connectivity index (χ1) is 11.9. The van der Waals surface area contributed by atoms with Crippen LogP contribution in [0.3, 0.4) is 0 Å². The normalized spacial score (nSPS) is 11.2. The number of hydrogen-bond donors (Lipinski definition) is 2. The molecule has 3 aromatic rings. The van der Waals surface area contributed by atoms with E-state index in [4.69, 9.17) is 5.73 Å². The molecule has 6 nitrogen and oxygen atoms in total. The van der Waals surface area contributed by atoms with Crippen LogP contribution in [0, 0.1) is 0 Å². The Bertz CT molecular complexity index is 1060. The molecule has 0 aliphatic rings. The predicted octanol–water partition coefficient (Wildman–Crippen LogP) is 3.01. The number of sulfonamides is 1. The fourth-order valence-electron chi connectivity index (χ4n) is 2.45. The first-order valence-electron chi connectivity index (χ1n) is 7.39. The third kappa shape index (κ3) is 3.56. The summed E-state index contributed by atoms with van der Waals surface area (Å²) in [5.74, 6) is -0.599. The van der Waals surface area contributed by atoms with Crippen molar-refractivity contribution in [3.05, 3.63) is 66.2 Å². The number of hydrogen-bond acceptors (Lipinski definition) is 5. The quantitative estimate of drug-likeness (QED) is 0.553. The molecule has 0 aliphatic heterocycles. The molecule has 3 aromatic carbocycles. The smallest absolute Gasteiger partial charge is 0.337 e. The fraction of sp³-hybridized carbons (Fsp3) is 0.0556. The van der Waals surface area contributed by atoms with E-state index in [-0.39, 0.29) is 10.5 Å². The number of ether oxygens (including phenoxy) is 1. The van der Waals surface area contributed by atoms with E-state index in [1.54, 1.807) is 30.3 Å². The molecular weight excluding hydrogens is 340 g/mol. The van der Waals surface area contributed by atoms with Gasteiger partial charge in [0.05, 0.1) is 17.6 Å². The zero-order valence-corrected chi connectivity index (χ0v) is 14.2. The predicted molar refractivity (Wildman–Crippen MR) is 97.0 cm³/mol. The van der Waals surface area contributed by atoms with Crippen molar-refractivity contribution in [1.82, 2.24) is 0 Å². The molecule has 0 fully saturated rings. The summed E-state index contributed by atoms with van der Waals surface area (Å²) in [6.07, 6.45) is 0. The molecule has 25 heavy (non-hydrogen) atoms. The number of nitrogens with one attached hydrogen (secondary N) is 1. The summed E-state index contributed by atoms with van der Waals surface area (Å²) in [6.45, 7) is 0. The van der Waals surface area contributed by atoms with E-state index in [2.05, 4.69) is 9.46 Å². The fourth-order valence-corrected chi connectivity index (χ4v) is 3.55. The lowest BCUT2D eigenvalue weighted by Crippen LogP contribution is -2.14. The first-order valence-corrected chi connectivity index (χ1v) is 8.88. The number of rotatable bonds is 4. The van der Waals surface area contributed by atoms with Crippen molar-refractivity contribution in [2.45, 2.75) is 4.90 Å². The summed E-state index contributed by atoms with van der Waals surface area (Å²) in [5.41, 5.74) is 6.93. The number of carbonyl (C=O) groups excluding carboxylic acids is 1. The number of fused-ring (bicyclic) bond motifs is 1. The summed E-state index contributed by atoms with van der Waals surface area (Å²) >= 11 is 0. The van der Waals surface area contributed by atoms with Gasteiger partial charge in [-0.2, -0.15) is 0 Å². The molecule has 0 bridgehead atoms. The summed E-state index contributed by atoms with van der Waals surface area (Å²) in [6, 6.07) is 16.2. The molecule has 0 amide bonds. The standard InChI is InChI=1S/C18H16N2O4S/c1-24-18(21)13-3-2-4-17(11-13)25(22,23)20-16-8-6-12-5-7-15(19)9-14(12)10-16/h2-11,20H,19H2,1H3. The third-order valence-electron chi connectivity index (χ3n) is 3.68. The lowest BCUT2D eigenvalue weighted by Gasteiger charge is -2.10. The molecule has 0 aliphatic carbocycles. The second-order valence-electron chi connectivity index (χ2n) is 5.45. The second-order valence-corrected chi connectivity index (χ2v) is 7.13. The van der Waals surface area contributed by atoms with Gasteiger partial charge in [0.2, 0.25) is 0 Å². The molecule has 3 N–H and O–H groups in total. The van der Waals surface area contributed by atoms with Crippen LogP contribution in [0.1, 0.15) is 10.4 Å². The summed E-state index contributed by atoms with van der Waals surface area (Å²) in [5, 5.41) is 1.77. The van der Waals surface area contributed by atoms with Crippen LogP contribution in [0.5, 0.6) is 0 Å². The Morgan fingerprint density at radius 3 is 2.52 bits per heavy atom. The first kappa shape index (κ1) is 16.8. The summed E-state index contributed by atoms with van der Waals surface area (Å²) in [4.78, 5) is 11.6. The van der Waals surface area contributed by atoms with Gasteiger partial charge in [0, 0.05) is 11.4 Å². The van der Waals surface area contributed by atoms with Gasteiger partial charge in [-0.3, -0.25) is 4.72 Å². The highest BCUT2D eigenvalue weighted by atomic mass is 32.2. The largest absolute Gasteiger partial charge is 0.465 e. The van der Waals surface area contributed by atoms with Gasteiger partial charge in [0.25, 0.3) is 10.0 Å². The van der Waals surface area contributed by atoms with Crippen LogP contribution in [0.4, 0.5) is 11.4 Å². The highest BCUT2D eigenvalue weighted by Gasteiger charge is 2.17. The Morgan fingerprint density at radius 1 is 1.00 bits per heavy atom. The molecule has 3 rings (SSSR count). The maximum atomic E-state index is 12.6. The van der Waals surface area contributed by atoms with Crippen LogP contribution in [-0.4, -0.2) is 21.5 Å². The minimum atomic E-state index is -3.85. The molecule has 0 unspecified atom stereocenters. The lowest BCUT2D eigenvalue weighted by molar-refractivity contribution is 0.0600. The van der Waals surface area contributed by atoms with Gasteiger partial charge in [0.1, 0.15) is 0 Å². The summed E-state index contributed by atoms with van der Waals surface area (Å²) in [7, 11) is -2.61. The van der Waals surface area contributed by atoms with E-state index in [0.717, 1.165) is 10.8 Å². The van der Waals surface area contributed by atoms with Crippen LogP contribution < -0.4 is 10.5 Å². The van der Waals surface area contributed by atoms with Crippen molar-refractivity contribution in [2.24, 2.45) is 0 Å². The SMILES string of the molecule is COC(=O)c1cccc(S(=O)(=O)Nc2ccc3ccc(N)cc3c2)c1. The zero-order valence-electron chi connectivity index (χ0n) is 13.4. The minimum Gasteiger partial charge on any atom is -0.465 e. The number of benzene rings is 3. The van der Waals surface area contributed by atoms with Crippen molar-refractivity contribution >= 4 is 38.1 Å². The average Bonchev–Trinajstić information content (AvgIpc) is 2.60. The van der Waals surface area contributed by atoms with Crippen LogP contribution >= 0.6 is 0 Å². The monoisotopic (exact) mass is 356 g/mol. The van der Waals surface area contributed by atoms with E-state index in [0.29, 0.717) is 11.4 Å². The van der Waals surface area contributed by atoms with Crippen LogP contribution in [0.25, 0.3) is 10.8 Å². The van der Waals surface area contributed by atoms with E-state index in [1.807, 2.05) is 6.07 Å². The van der Waals surface area contributed by atoms with E-state index in [9.17, 15) is 13.2 Å². The molecular formula is C18H16N2O4S. The zero-order chi connectivity index (χ0) is 18.0. The molecule has 7 heteroatoms. The number of anilines is 2. The minimum absolute atomic E-state index is 0.0249. The van der Waals surface area contributed by atoms with Crippen molar-refractivity contribution < 1.29 is 17.9 Å². The molecule has 0 heterocycles. The van der Waals surface area contributed by atoms with Crippen molar-refractivity contribution in [3.63, 3.8) is 0 Å². The average molecular weight is 356 g/mol. The van der Waals surface area contributed by atoms with Gasteiger partial charge in [-0.15, -0.1) is 0 Å². The van der Waals surface area contributed by atoms with Crippen LogP contribution in [-0.2, 0) is 14.8 Å².